The zero-order chi connectivity index (χ0) is 19.0. The number of hydrogen-bond acceptors (Lipinski definition) is 4. The molecule has 0 N–H and O–H groups in total. The molecular formula is C23H21N3O2. The van der Waals surface area contributed by atoms with Crippen molar-refractivity contribution >= 4 is 12.2 Å². The van der Waals surface area contributed by atoms with E-state index in [1.165, 1.54) is 5.56 Å². The lowest BCUT2D eigenvalue weighted by atomic mass is 10.1. The fourth-order valence-electron chi connectivity index (χ4n) is 2.78. The summed E-state index contributed by atoms with van der Waals surface area (Å²) in [5.74, 6) is 1.38. The van der Waals surface area contributed by atoms with Gasteiger partial charge in [-0.3, -0.25) is 0 Å². The van der Waals surface area contributed by atoms with Crippen molar-refractivity contribution in [2.75, 3.05) is 0 Å². The Labute approximate surface area is 164 Å². The normalized spacial score (nSPS) is 11.1. The molecule has 0 saturated heterocycles. The van der Waals surface area contributed by atoms with Crippen LogP contribution in [0.2, 0.25) is 0 Å². The van der Waals surface area contributed by atoms with Gasteiger partial charge < -0.3 is 13.7 Å². The molecule has 5 heteroatoms. The average molecular weight is 371 g/mol. The summed E-state index contributed by atoms with van der Waals surface area (Å²) in [5.41, 5.74) is 3.12. The maximum absolute atomic E-state index is 5.81. The van der Waals surface area contributed by atoms with Gasteiger partial charge in [-0.15, -0.1) is 0 Å². The third-order valence-corrected chi connectivity index (χ3v) is 4.32. The molecular weight excluding hydrogens is 350 g/mol. The smallest absolute Gasteiger partial charge is 0.218 e. The predicted molar refractivity (Wildman–Crippen MR) is 109 cm³/mol. The molecule has 0 aliphatic rings. The van der Waals surface area contributed by atoms with E-state index >= 15 is 0 Å². The minimum absolute atomic E-state index is 0.372. The van der Waals surface area contributed by atoms with Gasteiger partial charge in [0.15, 0.2) is 0 Å². The molecule has 0 spiro atoms. The van der Waals surface area contributed by atoms with Gasteiger partial charge in [0.2, 0.25) is 5.89 Å². The average Bonchev–Trinajstić information content (AvgIpc) is 3.43. The molecule has 0 atom stereocenters. The van der Waals surface area contributed by atoms with Crippen LogP contribution in [0.4, 0.5) is 0 Å². The van der Waals surface area contributed by atoms with Crippen LogP contribution in [0, 0.1) is 0 Å². The first-order chi connectivity index (χ1) is 13.8. The van der Waals surface area contributed by atoms with Crippen LogP contribution in [0.25, 0.3) is 12.2 Å². The van der Waals surface area contributed by atoms with E-state index in [1.54, 1.807) is 12.5 Å². The lowest BCUT2D eigenvalue weighted by molar-refractivity contribution is 0.301. The van der Waals surface area contributed by atoms with Crippen LogP contribution in [-0.2, 0) is 19.6 Å². The van der Waals surface area contributed by atoms with E-state index in [0.717, 1.165) is 30.0 Å². The molecule has 0 aliphatic carbocycles. The van der Waals surface area contributed by atoms with E-state index < -0.39 is 0 Å². The van der Waals surface area contributed by atoms with E-state index in [9.17, 15) is 0 Å². The van der Waals surface area contributed by atoms with Crippen LogP contribution in [0.1, 0.15) is 22.7 Å². The summed E-state index contributed by atoms with van der Waals surface area (Å²) in [6.07, 6.45) is 12.0. The van der Waals surface area contributed by atoms with Crippen LogP contribution >= 0.6 is 0 Å². The number of hydrogen-bond donors (Lipinski definition) is 0. The molecule has 0 radical (unpaired) electrons. The van der Waals surface area contributed by atoms with Crippen LogP contribution in [0.15, 0.2) is 84.0 Å². The Morgan fingerprint density at radius 2 is 1.86 bits per heavy atom. The van der Waals surface area contributed by atoms with Crippen LogP contribution in [0.3, 0.4) is 0 Å². The fraction of sp³-hybridized carbons (Fsp3) is 0.130. The van der Waals surface area contributed by atoms with Gasteiger partial charge in [0.25, 0.3) is 0 Å². The number of aryl methyl sites for hydroxylation is 2. The summed E-state index contributed by atoms with van der Waals surface area (Å²) in [4.78, 5) is 8.48. The van der Waals surface area contributed by atoms with Gasteiger partial charge in [-0.25, -0.2) is 9.97 Å². The number of ether oxygens (including phenoxy) is 1. The van der Waals surface area contributed by atoms with Crippen molar-refractivity contribution in [3.05, 3.63) is 102 Å². The highest BCUT2D eigenvalue weighted by Gasteiger charge is 2.03. The standard InChI is InChI=1S/C23H21N3O2/c1-2-4-19(5-3-1)8-11-23-25-21(17-28-23)16-27-22-9-6-20(7-10-22)12-14-26-15-13-24-18-26/h1-11,13,15,17-18H,12,14,16H2/b11-8+. The maximum Gasteiger partial charge on any atom is 0.218 e. The molecule has 2 heterocycles. The van der Waals surface area contributed by atoms with Crippen molar-refractivity contribution in [1.82, 2.24) is 14.5 Å². The summed E-state index contributed by atoms with van der Waals surface area (Å²) in [5, 5.41) is 0. The van der Waals surface area contributed by atoms with Gasteiger partial charge in [0.1, 0.15) is 24.3 Å². The molecule has 0 amide bonds. The summed E-state index contributed by atoms with van der Waals surface area (Å²) < 4.78 is 13.4. The quantitative estimate of drug-likeness (QED) is 0.444. The number of rotatable bonds is 8. The number of imidazole rings is 1. The number of benzene rings is 2. The molecule has 0 bridgehead atoms. The van der Waals surface area contributed by atoms with Crippen molar-refractivity contribution in [2.24, 2.45) is 0 Å². The molecule has 0 fully saturated rings. The van der Waals surface area contributed by atoms with Gasteiger partial charge in [-0.05, 0) is 35.8 Å². The Morgan fingerprint density at radius 3 is 2.64 bits per heavy atom. The molecule has 0 aliphatic heterocycles. The van der Waals surface area contributed by atoms with Crippen molar-refractivity contribution in [1.29, 1.82) is 0 Å². The number of aromatic nitrogens is 3. The molecule has 0 saturated carbocycles. The fourth-order valence-corrected chi connectivity index (χ4v) is 2.78. The Hall–Kier alpha value is -3.60. The minimum Gasteiger partial charge on any atom is -0.487 e. The van der Waals surface area contributed by atoms with E-state index in [-0.39, 0.29) is 0 Å². The third kappa shape index (κ3) is 4.98. The Balaban J connectivity index is 1.27. The zero-order valence-corrected chi connectivity index (χ0v) is 15.4. The highest BCUT2D eigenvalue weighted by atomic mass is 16.5. The summed E-state index contributed by atoms with van der Waals surface area (Å²) in [6.45, 7) is 1.29. The highest BCUT2D eigenvalue weighted by molar-refractivity contribution is 5.65. The molecule has 0 unspecified atom stereocenters. The van der Waals surface area contributed by atoms with E-state index in [2.05, 4.69) is 26.7 Å². The number of oxazole rings is 1. The lowest BCUT2D eigenvalue weighted by Crippen LogP contribution is -1.99. The summed E-state index contributed by atoms with van der Waals surface area (Å²) >= 11 is 0. The highest BCUT2D eigenvalue weighted by Crippen LogP contribution is 2.15. The second-order valence-corrected chi connectivity index (χ2v) is 6.40. The van der Waals surface area contributed by atoms with Crippen molar-refractivity contribution in [3.8, 4) is 5.75 Å². The number of nitrogens with zero attached hydrogens (tertiary/aromatic N) is 3. The van der Waals surface area contributed by atoms with Crippen molar-refractivity contribution in [2.45, 2.75) is 19.6 Å². The van der Waals surface area contributed by atoms with E-state index in [4.69, 9.17) is 9.15 Å². The first-order valence-corrected chi connectivity index (χ1v) is 9.20. The predicted octanol–water partition coefficient (Wildman–Crippen LogP) is 4.86. The van der Waals surface area contributed by atoms with Gasteiger partial charge in [-0.1, -0.05) is 42.5 Å². The van der Waals surface area contributed by atoms with Gasteiger partial charge in [-0.2, -0.15) is 0 Å². The first kappa shape index (κ1) is 17.8. The molecule has 140 valence electrons. The monoisotopic (exact) mass is 371 g/mol. The van der Waals surface area contributed by atoms with Gasteiger partial charge in [0, 0.05) is 25.0 Å². The van der Waals surface area contributed by atoms with E-state index in [0.29, 0.717) is 12.5 Å². The lowest BCUT2D eigenvalue weighted by Gasteiger charge is -2.06. The molecule has 28 heavy (non-hydrogen) atoms. The van der Waals surface area contributed by atoms with Crippen LogP contribution in [-0.4, -0.2) is 14.5 Å². The topological polar surface area (TPSA) is 53.1 Å². The second-order valence-electron chi connectivity index (χ2n) is 6.40. The first-order valence-electron chi connectivity index (χ1n) is 9.20. The molecule has 5 nitrogen and oxygen atoms in total. The van der Waals surface area contributed by atoms with Gasteiger partial charge in [0.05, 0.1) is 6.33 Å². The summed E-state index contributed by atoms with van der Waals surface area (Å²) in [6, 6.07) is 18.2. The van der Waals surface area contributed by atoms with Crippen LogP contribution < -0.4 is 4.74 Å². The summed E-state index contributed by atoms with van der Waals surface area (Å²) in [7, 11) is 0. The zero-order valence-electron chi connectivity index (χ0n) is 15.4. The van der Waals surface area contributed by atoms with Gasteiger partial charge >= 0.3 is 0 Å². The molecule has 4 rings (SSSR count). The van der Waals surface area contributed by atoms with E-state index in [1.807, 2.05) is 67.1 Å². The Bertz CT molecular complexity index is 1000. The minimum atomic E-state index is 0.372. The second kappa shape index (κ2) is 8.86. The van der Waals surface area contributed by atoms with Crippen LogP contribution in [0.5, 0.6) is 5.75 Å². The van der Waals surface area contributed by atoms with Crippen molar-refractivity contribution < 1.29 is 9.15 Å². The Morgan fingerprint density at radius 1 is 1.00 bits per heavy atom. The SMILES string of the molecule is C(=C\c1nc(COc2ccc(CCn3ccnc3)cc2)co1)/c1ccccc1. The van der Waals surface area contributed by atoms with Crippen molar-refractivity contribution in [3.63, 3.8) is 0 Å². The maximum atomic E-state index is 5.81. The largest absolute Gasteiger partial charge is 0.487 e. The molecule has 4 aromatic rings. The molecule has 2 aromatic carbocycles. The Kier molecular flexibility index (Phi) is 5.63. The third-order valence-electron chi connectivity index (χ3n) is 4.32. The molecule has 2 aromatic heterocycles.